The van der Waals surface area contributed by atoms with E-state index in [9.17, 15) is 4.79 Å². The molecule has 0 radical (unpaired) electrons. The van der Waals surface area contributed by atoms with Crippen LogP contribution in [0.25, 0.3) is 0 Å². The van der Waals surface area contributed by atoms with E-state index >= 15 is 0 Å². The van der Waals surface area contributed by atoms with Gasteiger partial charge in [0, 0.05) is 6.42 Å². The van der Waals surface area contributed by atoms with E-state index in [2.05, 4.69) is 6.92 Å². The molecular formula is C21H47NO5. The summed E-state index contributed by atoms with van der Waals surface area (Å²) in [6.07, 6.45) is 19.2. The molecule has 0 bridgehead atoms. The zero-order chi connectivity index (χ0) is 19.9. The molecule has 0 aromatic carbocycles. The van der Waals surface area contributed by atoms with Crippen LogP contribution in [0.2, 0.25) is 0 Å². The number of aliphatic carboxylic acids is 1. The maximum absolute atomic E-state index is 10.3. The van der Waals surface area contributed by atoms with Gasteiger partial charge in [0.25, 0.3) is 0 Å². The number of aliphatic hydroxyl groups excluding tert-OH is 3. The van der Waals surface area contributed by atoms with Crippen LogP contribution in [0.15, 0.2) is 0 Å². The standard InChI is InChI=1S/C18H36O2.C3H8O3.H3N/c1-2-3-4-5-6-7-8-9-10-11-12-13-14-15-16-17-18(19)20;4-1-3(6)2-5;/h2-17H2,1H3,(H,19,20);3-6H,1-2H2;1H3. The fourth-order valence-electron chi connectivity index (χ4n) is 2.71. The molecule has 0 rings (SSSR count). The highest BCUT2D eigenvalue weighted by Gasteiger charge is 1.97. The molecule has 0 aliphatic rings. The molecule has 0 aromatic rings. The van der Waals surface area contributed by atoms with Crippen LogP contribution >= 0.6 is 0 Å². The third kappa shape index (κ3) is 33.3. The summed E-state index contributed by atoms with van der Waals surface area (Å²) in [7, 11) is 0. The molecule has 0 aliphatic heterocycles. The van der Waals surface area contributed by atoms with E-state index < -0.39 is 12.1 Å². The summed E-state index contributed by atoms with van der Waals surface area (Å²) in [6, 6.07) is 0. The third-order valence-corrected chi connectivity index (χ3v) is 4.42. The van der Waals surface area contributed by atoms with Crippen LogP contribution in [0.4, 0.5) is 0 Å². The van der Waals surface area contributed by atoms with E-state index in [0.717, 1.165) is 12.8 Å². The minimum absolute atomic E-state index is 0. The molecule has 0 aromatic heterocycles. The number of hydrogen-bond donors (Lipinski definition) is 5. The zero-order valence-corrected chi connectivity index (χ0v) is 17.7. The minimum atomic E-state index is -0.954. The maximum atomic E-state index is 10.3. The van der Waals surface area contributed by atoms with Crippen LogP contribution in [-0.2, 0) is 4.79 Å². The summed E-state index contributed by atoms with van der Waals surface area (Å²) in [5, 5.41) is 32.5. The van der Waals surface area contributed by atoms with Gasteiger partial charge in [0.2, 0.25) is 0 Å². The monoisotopic (exact) mass is 393 g/mol. The molecule has 0 unspecified atom stereocenters. The van der Waals surface area contributed by atoms with Crippen LogP contribution in [-0.4, -0.2) is 45.7 Å². The number of carboxylic acids is 1. The molecule has 0 fully saturated rings. The zero-order valence-electron chi connectivity index (χ0n) is 17.7. The fraction of sp³-hybridized carbons (Fsp3) is 0.952. The van der Waals surface area contributed by atoms with Crippen molar-refractivity contribution in [1.82, 2.24) is 6.15 Å². The van der Waals surface area contributed by atoms with Gasteiger partial charge in [0.1, 0.15) is 6.10 Å². The Kier molecular flexibility index (Phi) is 31.6. The Labute approximate surface area is 167 Å². The Morgan fingerprint density at radius 1 is 0.667 bits per heavy atom. The molecule has 0 atom stereocenters. The molecule has 6 nitrogen and oxygen atoms in total. The van der Waals surface area contributed by atoms with Gasteiger partial charge in [-0.3, -0.25) is 4.79 Å². The minimum Gasteiger partial charge on any atom is -0.481 e. The molecule has 27 heavy (non-hydrogen) atoms. The van der Waals surface area contributed by atoms with Gasteiger partial charge in [-0.05, 0) is 6.42 Å². The summed E-state index contributed by atoms with van der Waals surface area (Å²) in [5.41, 5.74) is 0. The van der Waals surface area contributed by atoms with E-state index in [1.807, 2.05) is 0 Å². The second kappa shape index (κ2) is 27.5. The molecular weight excluding hydrogens is 346 g/mol. The predicted molar refractivity (Wildman–Crippen MR) is 112 cm³/mol. The van der Waals surface area contributed by atoms with Crippen molar-refractivity contribution in [3.8, 4) is 0 Å². The molecule has 0 saturated heterocycles. The van der Waals surface area contributed by atoms with Gasteiger partial charge in [0.15, 0.2) is 0 Å². The Hall–Kier alpha value is -0.690. The van der Waals surface area contributed by atoms with Crippen molar-refractivity contribution in [2.24, 2.45) is 0 Å². The lowest BCUT2D eigenvalue weighted by Gasteiger charge is -2.03. The second-order valence-corrected chi connectivity index (χ2v) is 7.11. The number of hydrogen-bond acceptors (Lipinski definition) is 5. The van der Waals surface area contributed by atoms with Gasteiger partial charge in [-0.2, -0.15) is 0 Å². The number of rotatable bonds is 18. The van der Waals surface area contributed by atoms with Gasteiger partial charge in [-0.25, -0.2) is 0 Å². The molecule has 0 amide bonds. The van der Waals surface area contributed by atoms with Crippen molar-refractivity contribution in [1.29, 1.82) is 0 Å². The largest absolute Gasteiger partial charge is 0.481 e. The first kappa shape index (κ1) is 31.0. The van der Waals surface area contributed by atoms with Crippen molar-refractivity contribution in [3.05, 3.63) is 0 Å². The van der Waals surface area contributed by atoms with Gasteiger partial charge >= 0.3 is 5.97 Å². The van der Waals surface area contributed by atoms with Gasteiger partial charge < -0.3 is 26.6 Å². The SMILES string of the molecule is CCCCCCCCCCCCCCCCCC(=O)O.N.OCC(O)CO. The Morgan fingerprint density at radius 3 is 1.19 bits per heavy atom. The van der Waals surface area contributed by atoms with Crippen molar-refractivity contribution in [2.75, 3.05) is 13.2 Å². The quantitative estimate of drug-likeness (QED) is 0.212. The van der Waals surface area contributed by atoms with E-state index in [1.165, 1.54) is 83.5 Å². The average molecular weight is 394 g/mol. The van der Waals surface area contributed by atoms with Gasteiger partial charge in [-0.1, -0.05) is 96.8 Å². The number of aliphatic hydroxyl groups is 3. The van der Waals surface area contributed by atoms with Crippen molar-refractivity contribution in [3.63, 3.8) is 0 Å². The summed E-state index contributed by atoms with van der Waals surface area (Å²) >= 11 is 0. The lowest BCUT2D eigenvalue weighted by Crippen LogP contribution is -2.15. The molecule has 0 saturated carbocycles. The summed E-state index contributed by atoms with van der Waals surface area (Å²) in [5.74, 6) is -0.653. The average Bonchev–Trinajstić information content (AvgIpc) is 2.64. The van der Waals surface area contributed by atoms with Gasteiger partial charge in [0.05, 0.1) is 13.2 Å². The third-order valence-electron chi connectivity index (χ3n) is 4.42. The number of carboxylic acid groups (broad SMARTS) is 1. The first-order valence-electron chi connectivity index (χ1n) is 10.7. The van der Waals surface area contributed by atoms with E-state index in [1.54, 1.807) is 0 Å². The highest BCUT2D eigenvalue weighted by molar-refractivity contribution is 5.66. The first-order valence-corrected chi connectivity index (χ1v) is 10.7. The van der Waals surface area contributed by atoms with E-state index in [4.69, 9.17) is 20.4 Å². The Morgan fingerprint density at radius 2 is 0.963 bits per heavy atom. The van der Waals surface area contributed by atoms with E-state index in [-0.39, 0.29) is 19.4 Å². The van der Waals surface area contributed by atoms with E-state index in [0.29, 0.717) is 6.42 Å². The van der Waals surface area contributed by atoms with Crippen LogP contribution in [0.3, 0.4) is 0 Å². The number of unbranched alkanes of at least 4 members (excludes halogenated alkanes) is 14. The fourth-order valence-corrected chi connectivity index (χ4v) is 2.71. The predicted octanol–water partition coefficient (Wildman–Crippen LogP) is 4.83. The van der Waals surface area contributed by atoms with Crippen molar-refractivity contribution in [2.45, 2.75) is 116 Å². The summed E-state index contributed by atoms with van der Waals surface area (Å²) < 4.78 is 0. The lowest BCUT2D eigenvalue weighted by atomic mass is 10.0. The molecule has 0 heterocycles. The molecule has 0 aliphatic carbocycles. The topological polar surface area (TPSA) is 133 Å². The van der Waals surface area contributed by atoms with Crippen molar-refractivity contribution < 1.29 is 25.2 Å². The van der Waals surface area contributed by atoms with Crippen LogP contribution in [0, 0.1) is 0 Å². The lowest BCUT2D eigenvalue weighted by molar-refractivity contribution is -0.137. The summed E-state index contributed by atoms with van der Waals surface area (Å²) in [4.78, 5) is 10.3. The Balaban J connectivity index is -0.000000709. The van der Waals surface area contributed by atoms with Crippen molar-refractivity contribution >= 4 is 5.97 Å². The molecule has 6 heteroatoms. The molecule has 0 spiro atoms. The van der Waals surface area contributed by atoms with Crippen LogP contribution in [0.5, 0.6) is 0 Å². The maximum Gasteiger partial charge on any atom is 0.303 e. The normalized spacial score (nSPS) is 10.3. The second-order valence-electron chi connectivity index (χ2n) is 7.11. The van der Waals surface area contributed by atoms with Crippen LogP contribution < -0.4 is 6.15 Å². The molecule has 166 valence electrons. The number of carbonyl (C=O) groups is 1. The smallest absolute Gasteiger partial charge is 0.303 e. The highest BCUT2D eigenvalue weighted by atomic mass is 16.4. The Bertz CT molecular complexity index is 273. The molecule has 7 N–H and O–H groups in total. The first-order chi connectivity index (χ1) is 12.6. The van der Waals surface area contributed by atoms with Gasteiger partial charge in [-0.15, -0.1) is 0 Å². The van der Waals surface area contributed by atoms with Crippen LogP contribution in [0.1, 0.15) is 110 Å². The highest BCUT2D eigenvalue weighted by Crippen LogP contribution is 2.13. The summed E-state index contributed by atoms with van der Waals surface area (Å²) in [6.45, 7) is 1.54.